The predicted molar refractivity (Wildman–Crippen MR) is 95.3 cm³/mol. The maximum absolute atomic E-state index is 12.1. The predicted octanol–water partition coefficient (Wildman–Crippen LogP) is 3.00. The topological polar surface area (TPSA) is 55.6 Å². The van der Waals surface area contributed by atoms with Gasteiger partial charge in [-0.15, -0.1) is 0 Å². The van der Waals surface area contributed by atoms with Gasteiger partial charge in [-0.2, -0.15) is 0 Å². The van der Waals surface area contributed by atoms with Crippen molar-refractivity contribution in [3.8, 4) is 0 Å². The molecule has 0 aliphatic rings. The maximum atomic E-state index is 12.1. The molecule has 0 saturated heterocycles. The summed E-state index contributed by atoms with van der Waals surface area (Å²) in [5, 5.41) is 0. The molecule has 1 aromatic carbocycles. The summed E-state index contributed by atoms with van der Waals surface area (Å²) in [7, 11) is 0. The van der Waals surface area contributed by atoms with E-state index in [0.29, 0.717) is 19.6 Å². The Labute approximate surface area is 141 Å². The first kappa shape index (κ1) is 19.7. The van der Waals surface area contributed by atoms with Crippen molar-refractivity contribution in [3.63, 3.8) is 0 Å². The Morgan fingerprint density at radius 3 is 2.09 bits per heavy atom. The van der Waals surface area contributed by atoms with Crippen molar-refractivity contribution >= 4 is 5.97 Å². The monoisotopic (exact) mass is 320 g/mol. The summed E-state index contributed by atoms with van der Waals surface area (Å²) < 4.78 is 5.39. The van der Waals surface area contributed by atoms with Crippen molar-refractivity contribution < 1.29 is 9.53 Å². The van der Waals surface area contributed by atoms with Gasteiger partial charge in [0, 0.05) is 17.6 Å². The Bertz CT molecular complexity index is 472. The molecule has 1 atom stereocenters. The van der Waals surface area contributed by atoms with Crippen LogP contribution in [0.3, 0.4) is 0 Å². The van der Waals surface area contributed by atoms with Crippen LogP contribution in [0.1, 0.15) is 47.1 Å². The molecule has 0 aliphatic carbocycles. The molecule has 0 aliphatic heterocycles. The van der Waals surface area contributed by atoms with Crippen molar-refractivity contribution in [2.45, 2.75) is 65.1 Å². The lowest BCUT2D eigenvalue weighted by atomic mass is 9.96. The maximum Gasteiger partial charge on any atom is 0.323 e. The fourth-order valence-electron chi connectivity index (χ4n) is 2.97. The van der Waals surface area contributed by atoms with E-state index in [9.17, 15) is 4.79 Å². The molecule has 0 amide bonds. The molecule has 0 fully saturated rings. The lowest BCUT2D eigenvalue weighted by molar-refractivity contribution is -0.146. The first-order valence-corrected chi connectivity index (χ1v) is 8.25. The van der Waals surface area contributed by atoms with Crippen LogP contribution >= 0.6 is 0 Å². The van der Waals surface area contributed by atoms with Crippen LogP contribution in [0.2, 0.25) is 0 Å². The van der Waals surface area contributed by atoms with Crippen LogP contribution in [-0.4, -0.2) is 41.1 Å². The highest BCUT2D eigenvalue weighted by molar-refractivity contribution is 5.75. The van der Waals surface area contributed by atoms with Crippen LogP contribution < -0.4 is 5.73 Å². The number of benzene rings is 1. The van der Waals surface area contributed by atoms with E-state index in [1.807, 2.05) is 30.3 Å². The zero-order valence-electron chi connectivity index (χ0n) is 15.4. The van der Waals surface area contributed by atoms with E-state index in [4.69, 9.17) is 10.5 Å². The molecule has 0 radical (unpaired) electrons. The van der Waals surface area contributed by atoms with Crippen LogP contribution in [0.15, 0.2) is 30.3 Å². The molecule has 23 heavy (non-hydrogen) atoms. The zero-order chi connectivity index (χ0) is 17.7. The van der Waals surface area contributed by atoms with E-state index in [1.54, 1.807) is 0 Å². The number of nitrogens with zero attached hydrogens (tertiary/aromatic N) is 1. The summed E-state index contributed by atoms with van der Waals surface area (Å²) in [5.74, 6) is -0.336. The van der Waals surface area contributed by atoms with Gasteiger partial charge in [0.2, 0.25) is 0 Å². The fourth-order valence-corrected chi connectivity index (χ4v) is 2.97. The average Bonchev–Trinajstić information content (AvgIpc) is 2.41. The van der Waals surface area contributed by atoms with Crippen LogP contribution in [-0.2, 0) is 16.0 Å². The van der Waals surface area contributed by atoms with Gasteiger partial charge in [-0.3, -0.25) is 9.69 Å². The van der Waals surface area contributed by atoms with Gasteiger partial charge in [0.1, 0.15) is 12.6 Å². The summed E-state index contributed by atoms with van der Waals surface area (Å²) in [5.41, 5.74) is 7.02. The Morgan fingerprint density at radius 2 is 1.61 bits per heavy atom. The minimum Gasteiger partial charge on any atom is -0.463 e. The largest absolute Gasteiger partial charge is 0.463 e. The number of carbonyl (C=O) groups is 1. The van der Waals surface area contributed by atoms with E-state index in [-0.39, 0.29) is 17.0 Å². The minimum atomic E-state index is -0.616. The molecular formula is C19H32N2O2. The Balaban J connectivity index is 2.49. The summed E-state index contributed by atoms with van der Waals surface area (Å²) in [6.45, 7) is 14.1. The van der Waals surface area contributed by atoms with Gasteiger partial charge < -0.3 is 10.5 Å². The van der Waals surface area contributed by atoms with Crippen molar-refractivity contribution in [2.24, 2.45) is 5.73 Å². The summed E-state index contributed by atoms with van der Waals surface area (Å²) in [4.78, 5) is 14.4. The molecular weight excluding hydrogens is 288 g/mol. The lowest BCUT2D eigenvalue weighted by Crippen LogP contribution is -2.54. The molecule has 0 spiro atoms. The summed E-state index contributed by atoms with van der Waals surface area (Å²) in [6, 6.07) is 9.15. The van der Waals surface area contributed by atoms with Crippen LogP contribution in [0.25, 0.3) is 0 Å². The van der Waals surface area contributed by atoms with E-state index < -0.39 is 6.04 Å². The number of nitrogens with two attached hydrogens (primary N) is 1. The molecule has 2 N–H and O–H groups in total. The second-order valence-electron chi connectivity index (χ2n) is 7.96. The van der Waals surface area contributed by atoms with Gasteiger partial charge in [0.25, 0.3) is 0 Å². The molecule has 1 rings (SSSR count). The number of rotatable bonds is 6. The third-order valence-electron chi connectivity index (χ3n) is 3.78. The second-order valence-corrected chi connectivity index (χ2v) is 7.96. The number of hydrogen-bond donors (Lipinski definition) is 1. The SMILES string of the molecule is CC(C)(C)N(CCOC(=O)C(N)Cc1ccccc1)C(C)(C)C. The van der Waals surface area contributed by atoms with Crippen molar-refractivity contribution in [1.29, 1.82) is 0 Å². The standard InChI is InChI=1S/C19H32N2O2/c1-18(2,3)21(19(4,5)6)12-13-23-17(22)16(20)14-15-10-8-7-9-11-15/h7-11,16H,12-14,20H2,1-6H3. The molecule has 4 nitrogen and oxygen atoms in total. The Morgan fingerprint density at radius 1 is 1.09 bits per heavy atom. The summed E-state index contributed by atoms with van der Waals surface area (Å²) in [6.07, 6.45) is 0.502. The third-order valence-corrected chi connectivity index (χ3v) is 3.78. The summed E-state index contributed by atoms with van der Waals surface area (Å²) >= 11 is 0. The van der Waals surface area contributed by atoms with Crippen molar-refractivity contribution in [2.75, 3.05) is 13.2 Å². The fraction of sp³-hybridized carbons (Fsp3) is 0.632. The molecule has 0 aromatic heterocycles. The number of ether oxygens (including phenoxy) is 1. The van der Waals surface area contributed by atoms with Gasteiger partial charge >= 0.3 is 5.97 Å². The van der Waals surface area contributed by atoms with Gasteiger partial charge in [0.15, 0.2) is 0 Å². The number of hydrogen-bond acceptors (Lipinski definition) is 4. The van der Waals surface area contributed by atoms with Crippen molar-refractivity contribution in [1.82, 2.24) is 4.90 Å². The molecule has 1 unspecified atom stereocenters. The lowest BCUT2D eigenvalue weighted by Gasteiger charge is -2.45. The Kier molecular flexibility index (Phi) is 6.78. The first-order chi connectivity index (χ1) is 10.5. The third kappa shape index (κ3) is 6.71. The van der Waals surface area contributed by atoms with Gasteiger partial charge in [-0.1, -0.05) is 30.3 Å². The highest BCUT2D eigenvalue weighted by Crippen LogP contribution is 2.24. The molecule has 0 saturated carbocycles. The van der Waals surface area contributed by atoms with Crippen LogP contribution in [0, 0.1) is 0 Å². The van der Waals surface area contributed by atoms with Crippen LogP contribution in [0.4, 0.5) is 0 Å². The van der Waals surface area contributed by atoms with Gasteiger partial charge in [-0.25, -0.2) is 0 Å². The quantitative estimate of drug-likeness (QED) is 0.819. The van der Waals surface area contributed by atoms with E-state index in [0.717, 1.165) is 5.56 Å². The van der Waals surface area contributed by atoms with Gasteiger partial charge in [0.05, 0.1) is 0 Å². The Hall–Kier alpha value is -1.39. The van der Waals surface area contributed by atoms with Crippen molar-refractivity contribution in [3.05, 3.63) is 35.9 Å². The highest BCUT2D eigenvalue weighted by Gasteiger charge is 2.31. The second kappa shape index (κ2) is 7.93. The molecule has 0 bridgehead atoms. The number of esters is 1. The van der Waals surface area contributed by atoms with Crippen LogP contribution in [0.5, 0.6) is 0 Å². The average molecular weight is 320 g/mol. The van der Waals surface area contributed by atoms with E-state index >= 15 is 0 Å². The smallest absolute Gasteiger partial charge is 0.323 e. The molecule has 1 aromatic rings. The first-order valence-electron chi connectivity index (χ1n) is 8.25. The molecule has 0 heterocycles. The van der Waals surface area contributed by atoms with E-state index in [2.05, 4.69) is 46.4 Å². The zero-order valence-corrected chi connectivity index (χ0v) is 15.4. The number of carbonyl (C=O) groups excluding carboxylic acids is 1. The molecule has 130 valence electrons. The van der Waals surface area contributed by atoms with E-state index in [1.165, 1.54) is 0 Å². The highest BCUT2D eigenvalue weighted by atomic mass is 16.5. The normalized spacial score (nSPS) is 13.9. The molecule has 4 heteroatoms. The van der Waals surface area contributed by atoms with Gasteiger partial charge in [-0.05, 0) is 53.5 Å². The minimum absolute atomic E-state index is 0.0107.